The van der Waals surface area contributed by atoms with Gasteiger partial charge in [0.15, 0.2) is 17.3 Å². The van der Waals surface area contributed by atoms with Crippen LogP contribution >= 0.6 is 11.6 Å². The van der Waals surface area contributed by atoms with Gasteiger partial charge in [-0.05, 0) is 53.2 Å². The minimum Gasteiger partial charge on any atom is -0.493 e. The molecular formula is C26H25ClN6O3. The van der Waals surface area contributed by atoms with Crippen LogP contribution in [0.5, 0.6) is 11.5 Å². The van der Waals surface area contributed by atoms with E-state index in [2.05, 4.69) is 31.0 Å². The van der Waals surface area contributed by atoms with E-state index in [0.29, 0.717) is 42.5 Å². The van der Waals surface area contributed by atoms with E-state index in [-0.39, 0.29) is 6.10 Å². The number of ether oxygens (including phenoxy) is 3. The van der Waals surface area contributed by atoms with Crippen molar-refractivity contribution in [1.82, 2.24) is 24.8 Å². The van der Waals surface area contributed by atoms with Gasteiger partial charge >= 0.3 is 0 Å². The molecule has 0 aliphatic carbocycles. The van der Waals surface area contributed by atoms with E-state index in [1.807, 2.05) is 48.7 Å². The Labute approximate surface area is 214 Å². The van der Waals surface area contributed by atoms with Crippen molar-refractivity contribution in [3.05, 3.63) is 93.8 Å². The van der Waals surface area contributed by atoms with Crippen LogP contribution in [0.25, 0.3) is 10.5 Å². The first-order valence-corrected chi connectivity index (χ1v) is 11.9. The van der Waals surface area contributed by atoms with Gasteiger partial charge in [0.05, 0.1) is 31.7 Å². The molecule has 184 valence electrons. The van der Waals surface area contributed by atoms with Crippen molar-refractivity contribution in [2.75, 3.05) is 20.8 Å². The van der Waals surface area contributed by atoms with Gasteiger partial charge in [-0.1, -0.05) is 23.7 Å². The average molecular weight is 505 g/mol. The van der Waals surface area contributed by atoms with Crippen LogP contribution in [-0.2, 0) is 17.7 Å². The molecule has 36 heavy (non-hydrogen) atoms. The number of hydrogen-bond acceptors (Lipinski definition) is 6. The van der Waals surface area contributed by atoms with Gasteiger partial charge in [-0.15, -0.1) is 5.10 Å². The summed E-state index contributed by atoms with van der Waals surface area (Å²) >= 11 is 6.47. The van der Waals surface area contributed by atoms with E-state index in [9.17, 15) is 0 Å². The molecule has 0 fully saturated rings. The van der Waals surface area contributed by atoms with E-state index < -0.39 is 6.10 Å². The standard InChI is InChI=1S/C26H25ClN6O3/c1-28-13-15-33-24(29-30-31-33)12-11-22-21-7-5-14-32(21)20-10-9-17(27)16-19(20)25(36-22)18-6-4-8-23(34-2)26(18)35-3/h4-10,14,16,22,25H,11-13,15H2,2-3H3/t22-,25-/m1/s1. The predicted molar refractivity (Wildman–Crippen MR) is 134 cm³/mol. The molecular weight excluding hydrogens is 480 g/mol. The highest BCUT2D eigenvalue weighted by molar-refractivity contribution is 6.30. The largest absolute Gasteiger partial charge is 0.493 e. The second kappa shape index (κ2) is 10.4. The molecule has 2 aromatic heterocycles. The molecule has 2 aromatic carbocycles. The Balaban J connectivity index is 1.57. The minimum atomic E-state index is -0.466. The van der Waals surface area contributed by atoms with E-state index >= 15 is 0 Å². The molecule has 0 unspecified atom stereocenters. The first-order valence-electron chi connectivity index (χ1n) is 11.6. The third-order valence-electron chi connectivity index (χ3n) is 6.32. The average Bonchev–Trinajstić information content (AvgIpc) is 3.54. The number of hydrogen-bond donors (Lipinski definition) is 0. The molecule has 1 aliphatic heterocycles. The zero-order valence-electron chi connectivity index (χ0n) is 20.0. The maximum Gasteiger partial charge on any atom is 0.234 e. The third-order valence-corrected chi connectivity index (χ3v) is 6.55. The maximum atomic E-state index is 7.06. The van der Waals surface area contributed by atoms with Crippen LogP contribution < -0.4 is 9.47 Å². The SMILES string of the molecule is [C-]#[N+]CCn1nnnc1CC[C@H]1O[C@H](c2cccc(OC)c2OC)c2cc(Cl)ccc2-n2cccc21. The van der Waals surface area contributed by atoms with Gasteiger partial charge in [-0.25, -0.2) is 11.3 Å². The predicted octanol–water partition coefficient (Wildman–Crippen LogP) is 4.85. The Bertz CT molecular complexity index is 1410. The minimum absolute atomic E-state index is 0.280. The number of rotatable bonds is 8. The number of halogens is 1. The van der Waals surface area contributed by atoms with Crippen LogP contribution in [0.3, 0.4) is 0 Å². The quantitative estimate of drug-likeness (QED) is 0.319. The smallest absolute Gasteiger partial charge is 0.234 e. The molecule has 0 spiro atoms. The Hall–Kier alpha value is -3.87. The second-order valence-corrected chi connectivity index (χ2v) is 8.77. The number of aromatic nitrogens is 5. The van der Waals surface area contributed by atoms with Crippen molar-refractivity contribution >= 4 is 11.6 Å². The van der Waals surface area contributed by atoms with Crippen molar-refractivity contribution in [1.29, 1.82) is 0 Å². The van der Waals surface area contributed by atoms with Gasteiger partial charge in [-0.2, -0.15) is 0 Å². The summed E-state index contributed by atoms with van der Waals surface area (Å²) < 4.78 is 22.1. The summed E-state index contributed by atoms with van der Waals surface area (Å²) in [5, 5.41) is 12.6. The fourth-order valence-electron chi connectivity index (χ4n) is 4.69. The van der Waals surface area contributed by atoms with Crippen LogP contribution in [0.4, 0.5) is 0 Å². The zero-order chi connectivity index (χ0) is 25.1. The molecule has 0 N–H and O–H groups in total. The first kappa shape index (κ1) is 23.9. The van der Waals surface area contributed by atoms with E-state index in [1.165, 1.54) is 0 Å². The number of aryl methyl sites for hydroxylation is 1. The molecule has 2 atom stereocenters. The number of methoxy groups -OCH3 is 2. The maximum absolute atomic E-state index is 7.06. The normalized spacial score (nSPS) is 16.5. The molecule has 0 amide bonds. The van der Waals surface area contributed by atoms with Gasteiger partial charge in [0.1, 0.15) is 12.6 Å². The van der Waals surface area contributed by atoms with E-state index in [0.717, 1.165) is 28.3 Å². The zero-order valence-corrected chi connectivity index (χ0v) is 20.7. The second-order valence-electron chi connectivity index (χ2n) is 8.33. The highest BCUT2D eigenvalue weighted by Gasteiger charge is 2.33. The summed E-state index contributed by atoms with van der Waals surface area (Å²) in [4.78, 5) is 3.41. The Kier molecular flexibility index (Phi) is 6.89. The summed E-state index contributed by atoms with van der Waals surface area (Å²) in [5.41, 5.74) is 3.77. The monoisotopic (exact) mass is 504 g/mol. The Morgan fingerprint density at radius 3 is 2.81 bits per heavy atom. The summed E-state index contributed by atoms with van der Waals surface area (Å²) in [6, 6.07) is 15.7. The van der Waals surface area contributed by atoms with Gasteiger partial charge in [-0.3, -0.25) is 0 Å². The Morgan fingerprint density at radius 2 is 2.00 bits per heavy atom. The van der Waals surface area contributed by atoms with Gasteiger partial charge in [0.2, 0.25) is 6.54 Å². The number of para-hydroxylation sites is 1. The molecule has 4 aromatic rings. The molecule has 3 heterocycles. The van der Waals surface area contributed by atoms with Crippen molar-refractivity contribution < 1.29 is 14.2 Å². The summed E-state index contributed by atoms with van der Waals surface area (Å²) in [6.07, 6.45) is 2.50. The molecule has 0 radical (unpaired) electrons. The van der Waals surface area contributed by atoms with Gasteiger partial charge in [0.25, 0.3) is 0 Å². The lowest BCUT2D eigenvalue weighted by molar-refractivity contribution is 0.000922. The van der Waals surface area contributed by atoms with Gasteiger partial charge in [0, 0.05) is 28.8 Å². The van der Waals surface area contributed by atoms with Crippen LogP contribution in [-0.4, -0.2) is 45.5 Å². The van der Waals surface area contributed by atoms with Crippen molar-refractivity contribution in [2.24, 2.45) is 0 Å². The van der Waals surface area contributed by atoms with Crippen LogP contribution in [0.2, 0.25) is 5.02 Å². The van der Waals surface area contributed by atoms with Gasteiger partial charge < -0.3 is 23.6 Å². The van der Waals surface area contributed by atoms with Crippen LogP contribution in [0.1, 0.15) is 41.3 Å². The van der Waals surface area contributed by atoms with Crippen molar-refractivity contribution in [3.63, 3.8) is 0 Å². The number of fused-ring (bicyclic) bond motifs is 3. The lowest BCUT2D eigenvalue weighted by Gasteiger charge is -2.25. The topological polar surface area (TPSA) is 80.6 Å². The third kappa shape index (κ3) is 4.41. The summed E-state index contributed by atoms with van der Waals surface area (Å²) in [7, 11) is 3.24. The molecule has 0 saturated carbocycles. The highest BCUT2D eigenvalue weighted by Crippen LogP contribution is 2.46. The molecule has 5 rings (SSSR count). The van der Waals surface area contributed by atoms with E-state index in [1.54, 1.807) is 18.9 Å². The number of benzene rings is 2. The lowest BCUT2D eigenvalue weighted by Crippen LogP contribution is -2.14. The van der Waals surface area contributed by atoms with Crippen LogP contribution in [0, 0.1) is 6.57 Å². The number of nitrogens with zero attached hydrogens (tertiary/aromatic N) is 6. The number of tetrazole rings is 1. The highest BCUT2D eigenvalue weighted by atomic mass is 35.5. The molecule has 0 saturated heterocycles. The van der Waals surface area contributed by atoms with E-state index in [4.69, 9.17) is 32.4 Å². The first-order chi connectivity index (χ1) is 17.6. The summed E-state index contributed by atoms with van der Waals surface area (Å²) in [5.74, 6) is 1.96. The van der Waals surface area contributed by atoms with Crippen LogP contribution in [0.15, 0.2) is 54.7 Å². The van der Waals surface area contributed by atoms with Crippen molar-refractivity contribution in [3.8, 4) is 17.2 Å². The fourth-order valence-corrected chi connectivity index (χ4v) is 4.87. The fraction of sp³-hybridized carbons (Fsp3) is 0.308. The molecule has 10 heteroatoms. The van der Waals surface area contributed by atoms with Crippen molar-refractivity contribution in [2.45, 2.75) is 31.6 Å². The Morgan fingerprint density at radius 1 is 1.11 bits per heavy atom. The lowest BCUT2D eigenvalue weighted by atomic mass is 9.98. The summed E-state index contributed by atoms with van der Waals surface area (Å²) in [6.45, 7) is 7.85. The molecule has 9 nitrogen and oxygen atoms in total. The molecule has 0 bridgehead atoms. The molecule has 1 aliphatic rings.